The van der Waals surface area contributed by atoms with Crippen LogP contribution in [0.2, 0.25) is 5.02 Å². The molecule has 0 aliphatic carbocycles. The molecule has 0 atom stereocenters. The van der Waals surface area contributed by atoms with E-state index < -0.39 is 10.0 Å². The maximum absolute atomic E-state index is 12.6. The Balaban J connectivity index is 1.83. The summed E-state index contributed by atoms with van der Waals surface area (Å²) in [7, 11) is -3.66. The summed E-state index contributed by atoms with van der Waals surface area (Å²) in [6, 6.07) is 12.0. The number of sulfonamides is 1. The van der Waals surface area contributed by atoms with Gasteiger partial charge in [0.15, 0.2) is 0 Å². The lowest BCUT2D eigenvalue weighted by Crippen LogP contribution is -2.33. The van der Waals surface area contributed by atoms with Gasteiger partial charge in [-0.3, -0.25) is 4.79 Å². The topological polar surface area (TPSA) is 66.5 Å². The molecule has 0 unspecified atom stereocenters. The van der Waals surface area contributed by atoms with Crippen LogP contribution < -0.4 is 9.62 Å². The van der Waals surface area contributed by atoms with Crippen LogP contribution >= 0.6 is 11.6 Å². The summed E-state index contributed by atoms with van der Waals surface area (Å²) in [5.41, 5.74) is 2.39. The minimum atomic E-state index is -3.66. The third kappa shape index (κ3) is 3.86. The zero-order chi connectivity index (χ0) is 18.0. The van der Waals surface area contributed by atoms with Crippen molar-refractivity contribution in [2.45, 2.75) is 31.2 Å². The van der Waals surface area contributed by atoms with E-state index in [1.165, 1.54) is 13.0 Å². The lowest BCUT2D eigenvalue weighted by atomic mass is 10.0. The quantitative estimate of drug-likeness (QED) is 0.888. The number of carbonyl (C=O) groups excluding carboxylic acids is 1. The number of halogens is 1. The van der Waals surface area contributed by atoms with Crippen molar-refractivity contribution in [1.82, 2.24) is 4.72 Å². The van der Waals surface area contributed by atoms with Crippen molar-refractivity contribution in [3.63, 3.8) is 0 Å². The van der Waals surface area contributed by atoms with Crippen LogP contribution in [0.4, 0.5) is 5.69 Å². The fraction of sp³-hybridized carbons (Fsp3) is 0.278. The second-order valence-electron chi connectivity index (χ2n) is 5.98. The molecule has 1 heterocycles. The molecule has 1 N–H and O–H groups in total. The van der Waals surface area contributed by atoms with Crippen LogP contribution in [-0.2, 0) is 27.8 Å². The van der Waals surface area contributed by atoms with Gasteiger partial charge in [-0.1, -0.05) is 29.8 Å². The third-order valence-corrected chi connectivity index (χ3v) is 6.04. The molecule has 1 aliphatic heterocycles. The maximum atomic E-state index is 12.6. The molecule has 0 saturated heterocycles. The monoisotopic (exact) mass is 378 g/mol. The Bertz CT molecular complexity index is 912. The van der Waals surface area contributed by atoms with E-state index in [4.69, 9.17) is 11.6 Å². The molecule has 2 aromatic rings. The van der Waals surface area contributed by atoms with Crippen molar-refractivity contribution in [2.75, 3.05) is 11.4 Å². The van der Waals surface area contributed by atoms with E-state index in [-0.39, 0.29) is 17.3 Å². The van der Waals surface area contributed by atoms with Gasteiger partial charge in [0, 0.05) is 30.7 Å². The normalized spacial score (nSPS) is 14.2. The first-order chi connectivity index (χ1) is 11.9. The van der Waals surface area contributed by atoms with E-state index >= 15 is 0 Å². The van der Waals surface area contributed by atoms with Gasteiger partial charge in [-0.15, -0.1) is 0 Å². The number of amides is 1. The molecular weight excluding hydrogens is 360 g/mol. The van der Waals surface area contributed by atoms with Crippen LogP contribution in [0.25, 0.3) is 0 Å². The highest BCUT2D eigenvalue weighted by Gasteiger charge is 2.23. The van der Waals surface area contributed by atoms with E-state index in [9.17, 15) is 13.2 Å². The Morgan fingerprint density at radius 1 is 1.24 bits per heavy atom. The molecule has 0 radical (unpaired) electrons. The highest BCUT2D eigenvalue weighted by Crippen LogP contribution is 2.29. The van der Waals surface area contributed by atoms with Gasteiger partial charge in [-0.25, -0.2) is 13.1 Å². The lowest BCUT2D eigenvalue weighted by molar-refractivity contribution is -0.116. The number of hydrogen-bond acceptors (Lipinski definition) is 3. The first kappa shape index (κ1) is 17.9. The molecule has 0 fully saturated rings. The van der Waals surface area contributed by atoms with Crippen molar-refractivity contribution in [3.05, 3.63) is 58.6 Å². The van der Waals surface area contributed by atoms with Crippen LogP contribution in [-0.4, -0.2) is 20.9 Å². The number of benzene rings is 2. The van der Waals surface area contributed by atoms with Gasteiger partial charge in [0.05, 0.1) is 4.90 Å². The fourth-order valence-electron chi connectivity index (χ4n) is 2.97. The van der Waals surface area contributed by atoms with E-state index in [2.05, 4.69) is 4.72 Å². The highest BCUT2D eigenvalue weighted by atomic mass is 35.5. The molecule has 0 spiro atoms. The molecule has 0 aromatic heterocycles. The molecule has 132 valence electrons. The average molecular weight is 379 g/mol. The standard InChI is InChI=1S/C18H19ClN2O3S/c1-13(22)21-10-4-6-14-11-16(8-9-18(14)21)25(23,24)20-12-15-5-2-3-7-17(15)19/h2-3,5,7-9,11,20H,4,6,10,12H2,1H3. The Hall–Kier alpha value is -1.89. The third-order valence-electron chi connectivity index (χ3n) is 4.27. The molecule has 1 aliphatic rings. The van der Waals surface area contributed by atoms with Gasteiger partial charge in [0.2, 0.25) is 15.9 Å². The maximum Gasteiger partial charge on any atom is 0.240 e. The smallest absolute Gasteiger partial charge is 0.240 e. The molecular formula is C18H19ClN2O3S. The predicted octanol–water partition coefficient (Wildman–Crippen LogP) is 3.12. The SMILES string of the molecule is CC(=O)N1CCCc2cc(S(=O)(=O)NCc3ccccc3Cl)ccc21. The van der Waals surface area contributed by atoms with E-state index in [1.807, 2.05) is 6.07 Å². The predicted molar refractivity (Wildman–Crippen MR) is 98.3 cm³/mol. The van der Waals surface area contributed by atoms with Crippen LogP contribution in [0.15, 0.2) is 47.4 Å². The Morgan fingerprint density at radius 3 is 2.72 bits per heavy atom. The van der Waals surface area contributed by atoms with Gasteiger partial charge in [-0.2, -0.15) is 0 Å². The second-order valence-corrected chi connectivity index (χ2v) is 8.15. The summed E-state index contributed by atoms with van der Waals surface area (Å²) in [6.07, 6.45) is 1.58. The molecule has 1 amide bonds. The number of aryl methyl sites for hydroxylation is 1. The largest absolute Gasteiger partial charge is 0.312 e. The first-order valence-electron chi connectivity index (χ1n) is 8.02. The molecule has 5 nitrogen and oxygen atoms in total. The molecule has 25 heavy (non-hydrogen) atoms. The number of rotatable bonds is 4. The zero-order valence-electron chi connectivity index (χ0n) is 13.8. The van der Waals surface area contributed by atoms with Crippen molar-refractivity contribution < 1.29 is 13.2 Å². The van der Waals surface area contributed by atoms with Gasteiger partial charge in [0.1, 0.15) is 0 Å². The number of anilines is 1. The summed E-state index contributed by atoms with van der Waals surface area (Å²) in [4.78, 5) is 13.6. The first-order valence-corrected chi connectivity index (χ1v) is 9.89. The number of carbonyl (C=O) groups is 1. The average Bonchev–Trinajstić information content (AvgIpc) is 2.60. The minimum Gasteiger partial charge on any atom is -0.312 e. The van der Waals surface area contributed by atoms with Gasteiger partial charge < -0.3 is 4.90 Å². The van der Waals surface area contributed by atoms with Gasteiger partial charge >= 0.3 is 0 Å². The Kier molecular flexibility index (Phi) is 5.13. The number of fused-ring (bicyclic) bond motifs is 1. The molecule has 3 rings (SSSR count). The van der Waals surface area contributed by atoms with Crippen LogP contribution in [0.3, 0.4) is 0 Å². The van der Waals surface area contributed by atoms with Crippen molar-refractivity contribution in [1.29, 1.82) is 0 Å². The van der Waals surface area contributed by atoms with Crippen LogP contribution in [0, 0.1) is 0 Å². The summed E-state index contributed by atoms with van der Waals surface area (Å²) in [6.45, 7) is 2.31. The highest BCUT2D eigenvalue weighted by molar-refractivity contribution is 7.89. The number of hydrogen-bond donors (Lipinski definition) is 1. The van der Waals surface area contributed by atoms with E-state index in [0.717, 1.165) is 24.1 Å². The van der Waals surface area contributed by atoms with Crippen molar-refractivity contribution >= 4 is 33.2 Å². The van der Waals surface area contributed by atoms with E-state index in [0.29, 0.717) is 17.1 Å². The summed E-state index contributed by atoms with van der Waals surface area (Å²) in [5, 5.41) is 0.521. The van der Waals surface area contributed by atoms with Gasteiger partial charge in [-0.05, 0) is 48.2 Å². The van der Waals surface area contributed by atoms with Crippen LogP contribution in [0.1, 0.15) is 24.5 Å². The Labute approximate surface area is 152 Å². The molecule has 0 bridgehead atoms. The van der Waals surface area contributed by atoms with E-state index in [1.54, 1.807) is 35.2 Å². The minimum absolute atomic E-state index is 0.0339. The zero-order valence-corrected chi connectivity index (χ0v) is 15.4. The van der Waals surface area contributed by atoms with Crippen molar-refractivity contribution in [3.8, 4) is 0 Å². The molecule has 0 saturated carbocycles. The summed E-state index contributed by atoms with van der Waals surface area (Å²) >= 11 is 6.07. The lowest BCUT2D eigenvalue weighted by Gasteiger charge is -2.28. The fourth-order valence-corrected chi connectivity index (χ4v) is 4.22. The Morgan fingerprint density at radius 2 is 2.00 bits per heavy atom. The number of nitrogens with zero attached hydrogens (tertiary/aromatic N) is 1. The number of nitrogens with one attached hydrogen (secondary N) is 1. The second kappa shape index (κ2) is 7.15. The molecule has 7 heteroatoms. The van der Waals surface area contributed by atoms with Gasteiger partial charge in [0.25, 0.3) is 0 Å². The summed E-state index contributed by atoms with van der Waals surface area (Å²) in [5.74, 6) is -0.0339. The van der Waals surface area contributed by atoms with Crippen molar-refractivity contribution in [2.24, 2.45) is 0 Å². The van der Waals surface area contributed by atoms with Crippen LogP contribution in [0.5, 0.6) is 0 Å². The summed E-state index contributed by atoms with van der Waals surface area (Å²) < 4.78 is 27.7. The molecule has 2 aromatic carbocycles.